The molecule has 0 aliphatic carbocycles. The van der Waals surface area contributed by atoms with Crippen LogP contribution in [0.25, 0.3) is 10.9 Å². The summed E-state index contributed by atoms with van der Waals surface area (Å²) in [7, 11) is 3.57. The zero-order valence-corrected chi connectivity index (χ0v) is 16.1. The van der Waals surface area contributed by atoms with E-state index in [1.54, 1.807) is 7.11 Å². The molecule has 2 aliphatic heterocycles. The van der Waals surface area contributed by atoms with Crippen LogP contribution in [-0.2, 0) is 16.1 Å². The molecule has 0 unspecified atom stereocenters. The molecule has 27 heavy (non-hydrogen) atoms. The molecular weight excluding hydrogens is 342 g/mol. The molecule has 1 aromatic heterocycles. The number of benzene rings is 1. The average molecular weight is 369 g/mol. The summed E-state index contributed by atoms with van der Waals surface area (Å²) < 4.78 is 7.29. The Labute approximate surface area is 159 Å². The number of carbonyl (C=O) groups excluding carboxylic acids is 2. The first-order chi connectivity index (χ1) is 13.0. The molecule has 2 aliphatic rings. The standard InChI is InChI=1S/C21H27N3O3/c1-22-10-6-21(20(22)26)7-11-24(12-8-21)19(25)17-3-4-18-16(15-17)5-9-23(18)13-14-27-2/h3-5,9,15H,6-8,10-14H2,1-2H3. The summed E-state index contributed by atoms with van der Waals surface area (Å²) in [6.07, 6.45) is 4.51. The van der Waals surface area contributed by atoms with E-state index in [4.69, 9.17) is 4.74 Å². The number of carbonyl (C=O) groups is 2. The van der Waals surface area contributed by atoms with E-state index in [0.717, 1.165) is 48.8 Å². The number of ether oxygens (including phenoxy) is 1. The lowest BCUT2D eigenvalue weighted by Crippen LogP contribution is -2.46. The highest BCUT2D eigenvalue weighted by atomic mass is 16.5. The van der Waals surface area contributed by atoms with Crippen molar-refractivity contribution in [3.63, 3.8) is 0 Å². The van der Waals surface area contributed by atoms with Crippen LogP contribution in [0.15, 0.2) is 30.5 Å². The molecule has 0 bridgehead atoms. The second-order valence-corrected chi connectivity index (χ2v) is 7.82. The molecule has 2 aromatic rings. The van der Waals surface area contributed by atoms with Crippen molar-refractivity contribution in [2.45, 2.75) is 25.8 Å². The van der Waals surface area contributed by atoms with Crippen LogP contribution in [0.4, 0.5) is 0 Å². The molecule has 0 N–H and O–H groups in total. The van der Waals surface area contributed by atoms with E-state index >= 15 is 0 Å². The second kappa shape index (κ2) is 7.00. The Morgan fingerprint density at radius 1 is 1.15 bits per heavy atom. The molecule has 2 saturated heterocycles. The molecule has 1 spiro atoms. The van der Waals surface area contributed by atoms with Gasteiger partial charge in [0.05, 0.1) is 12.0 Å². The molecule has 1 aromatic carbocycles. The molecule has 6 heteroatoms. The molecule has 0 atom stereocenters. The number of aromatic nitrogens is 1. The fourth-order valence-corrected chi connectivity index (χ4v) is 4.50. The maximum Gasteiger partial charge on any atom is 0.253 e. The van der Waals surface area contributed by atoms with Crippen molar-refractivity contribution in [2.75, 3.05) is 40.4 Å². The molecule has 2 amide bonds. The van der Waals surface area contributed by atoms with Gasteiger partial charge < -0.3 is 19.1 Å². The zero-order chi connectivity index (χ0) is 19.0. The number of amides is 2. The molecular formula is C21H27N3O3. The van der Waals surface area contributed by atoms with Gasteiger partial charge in [-0.25, -0.2) is 0 Å². The first-order valence-corrected chi connectivity index (χ1v) is 9.67. The number of hydrogen-bond acceptors (Lipinski definition) is 3. The summed E-state index contributed by atoms with van der Waals surface area (Å²) >= 11 is 0. The quantitative estimate of drug-likeness (QED) is 0.831. The molecule has 6 nitrogen and oxygen atoms in total. The third kappa shape index (κ3) is 3.12. The number of hydrogen-bond donors (Lipinski definition) is 0. The van der Waals surface area contributed by atoms with Gasteiger partial charge in [-0.1, -0.05) is 0 Å². The van der Waals surface area contributed by atoms with Crippen molar-refractivity contribution in [2.24, 2.45) is 5.41 Å². The predicted octanol–water partition coefficient (Wildman–Crippen LogP) is 2.37. The van der Waals surface area contributed by atoms with Gasteiger partial charge in [-0.2, -0.15) is 0 Å². The van der Waals surface area contributed by atoms with Crippen LogP contribution in [-0.4, -0.2) is 66.6 Å². The largest absolute Gasteiger partial charge is 0.383 e. The van der Waals surface area contributed by atoms with Crippen LogP contribution >= 0.6 is 0 Å². The third-order valence-corrected chi connectivity index (χ3v) is 6.29. The summed E-state index contributed by atoms with van der Waals surface area (Å²) in [4.78, 5) is 29.2. The van der Waals surface area contributed by atoms with Gasteiger partial charge in [0.15, 0.2) is 0 Å². The zero-order valence-electron chi connectivity index (χ0n) is 16.1. The van der Waals surface area contributed by atoms with Crippen molar-refractivity contribution in [1.82, 2.24) is 14.4 Å². The number of fused-ring (bicyclic) bond motifs is 1. The Balaban J connectivity index is 1.46. The topological polar surface area (TPSA) is 54.8 Å². The van der Waals surface area contributed by atoms with E-state index in [1.165, 1.54) is 0 Å². The van der Waals surface area contributed by atoms with Crippen LogP contribution in [0.5, 0.6) is 0 Å². The van der Waals surface area contributed by atoms with E-state index in [2.05, 4.69) is 4.57 Å². The number of nitrogens with zero attached hydrogens (tertiary/aromatic N) is 3. The normalized spacial score (nSPS) is 19.4. The second-order valence-electron chi connectivity index (χ2n) is 7.82. The number of methoxy groups -OCH3 is 1. The van der Waals surface area contributed by atoms with E-state index in [-0.39, 0.29) is 17.2 Å². The molecule has 0 saturated carbocycles. The summed E-state index contributed by atoms with van der Waals surface area (Å²) in [5, 5.41) is 1.07. The average Bonchev–Trinajstić information content (AvgIpc) is 3.22. The number of rotatable bonds is 4. The summed E-state index contributed by atoms with van der Waals surface area (Å²) in [6.45, 7) is 3.61. The summed E-state index contributed by atoms with van der Waals surface area (Å²) in [5.74, 6) is 0.323. The van der Waals surface area contributed by atoms with Gasteiger partial charge in [-0.3, -0.25) is 9.59 Å². The predicted molar refractivity (Wildman–Crippen MR) is 104 cm³/mol. The molecule has 0 radical (unpaired) electrons. The first kappa shape index (κ1) is 18.0. The van der Waals surface area contributed by atoms with E-state index < -0.39 is 0 Å². The van der Waals surface area contributed by atoms with Gasteiger partial charge in [0.25, 0.3) is 5.91 Å². The number of piperidine rings is 1. The lowest BCUT2D eigenvalue weighted by atomic mass is 9.77. The van der Waals surface area contributed by atoms with Crippen molar-refractivity contribution < 1.29 is 14.3 Å². The minimum Gasteiger partial charge on any atom is -0.383 e. The molecule has 3 heterocycles. The van der Waals surface area contributed by atoms with E-state index in [0.29, 0.717) is 19.7 Å². The summed E-state index contributed by atoms with van der Waals surface area (Å²) in [6, 6.07) is 7.94. The SMILES string of the molecule is COCCn1ccc2cc(C(=O)N3CCC4(CCN(C)C4=O)CC3)ccc21. The highest BCUT2D eigenvalue weighted by Gasteiger charge is 2.47. The maximum atomic E-state index is 13.0. The highest BCUT2D eigenvalue weighted by Crippen LogP contribution is 2.41. The Morgan fingerprint density at radius 3 is 2.56 bits per heavy atom. The number of likely N-dealkylation sites (tertiary alicyclic amines) is 2. The highest BCUT2D eigenvalue weighted by molar-refractivity contribution is 5.98. The molecule has 144 valence electrons. The van der Waals surface area contributed by atoms with Crippen molar-refractivity contribution >= 4 is 22.7 Å². The van der Waals surface area contributed by atoms with Gasteiger partial charge in [0.1, 0.15) is 0 Å². The maximum absolute atomic E-state index is 13.0. The minimum atomic E-state index is -0.228. The lowest BCUT2D eigenvalue weighted by Gasteiger charge is -2.37. The van der Waals surface area contributed by atoms with Gasteiger partial charge in [-0.15, -0.1) is 0 Å². The van der Waals surface area contributed by atoms with Crippen molar-refractivity contribution in [3.05, 3.63) is 36.0 Å². The van der Waals surface area contributed by atoms with Gasteiger partial charge in [0.2, 0.25) is 5.91 Å². The van der Waals surface area contributed by atoms with Crippen LogP contribution in [0.3, 0.4) is 0 Å². The Morgan fingerprint density at radius 2 is 1.89 bits per heavy atom. The lowest BCUT2D eigenvalue weighted by molar-refractivity contribution is -0.137. The molecule has 4 rings (SSSR count). The van der Waals surface area contributed by atoms with Gasteiger partial charge >= 0.3 is 0 Å². The fourth-order valence-electron chi connectivity index (χ4n) is 4.50. The smallest absolute Gasteiger partial charge is 0.253 e. The summed E-state index contributed by atoms with van der Waals surface area (Å²) in [5.41, 5.74) is 1.60. The Bertz CT molecular complexity index is 865. The van der Waals surface area contributed by atoms with E-state index in [9.17, 15) is 9.59 Å². The fraction of sp³-hybridized carbons (Fsp3) is 0.524. The van der Waals surface area contributed by atoms with Crippen LogP contribution in [0.2, 0.25) is 0 Å². The van der Waals surface area contributed by atoms with Gasteiger partial charge in [-0.05, 0) is 43.5 Å². The monoisotopic (exact) mass is 369 g/mol. The third-order valence-electron chi connectivity index (χ3n) is 6.29. The first-order valence-electron chi connectivity index (χ1n) is 9.67. The van der Waals surface area contributed by atoms with Crippen LogP contribution in [0, 0.1) is 5.41 Å². The van der Waals surface area contributed by atoms with Crippen LogP contribution in [0.1, 0.15) is 29.6 Å². The minimum absolute atomic E-state index is 0.0650. The Kier molecular flexibility index (Phi) is 4.68. The van der Waals surface area contributed by atoms with Crippen LogP contribution < -0.4 is 0 Å². The van der Waals surface area contributed by atoms with Gasteiger partial charge in [0, 0.05) is 63.0 Å². The van der Waals surface area contributed by atoms with Crippen molar-refractivity contribution in [3.8, 4) is 0 Å². The Hall–Kier alpha value is -2.34. The molecule has 2 fully saturated rings. The van der Waals surface area contributed by atoms with Crippen molar-refractivity contribution in [1.29, 1.82) is 0 Å². The van der Waals surface area contributed by atoms with E-state index in [1.807, 2.05) is 47.3 Å².